The number of pyridine rings is 1. The molecule has 1 rings (SSSR count). The van der Waals surface area contributed by atoms with Crippen molar-refractivity contribution >= 4 is 17.5 Å². The summed E-state index contributed by atoms with van der Waals surface area (Å²) in [6, 6.07) is 1.50. The summed E-state index contributed by atoms with van der Waals surface area (Å²) in [5, 5.41) is 21.3. The maximum Gasteiger partial charge on any atom is 0.254 e. The number of amides is 1. The molecule has 6 heteroatoms. The van der Waals surface area contributed by atoms with Crippen molar-refractivity contribution in [2.24, 2.45) is 0 Å². The van der Waals surface area contributed by atoms with Gasteiger partial charge in [0, 0.05) is 12.4 Å². The molecule has 1 amide bonds. The first-order chi connectivity index (χ1) is 8.08. The molecule has 0 aromatic carbocycles. The Morgan fingerprint density at radius 3 is 2.65 bits per heavy atom. The van der Waals surface area contributed by atoms with E-state index in [9.17, 15) is 15.0 Å². The lowest BCUT2D eigenvalue weighted by molar-refractivity contribution is 0.0653. The van der Waals surface area contributed by atoms with Gasteiger partial charge < -0.3 is 15.5 Å². The third kappa shape index (κ3) is 3.15. The minimum atomic E-state index is -1.03. The number of aliphatic hydroxyl groups excluding tert-OH is 2. The van der Waals surface area contributed by atoms with Gasteiger partial charge in [-0.25, -0.2) is 0 Å². The number of carbonyl (C=O) groups is 1. The largest absolute Gasteiger partial charge is 0.394 e. The van der Waals surface area contributed by atoms with Crippen LogP contribution < -0.4 is 5.32 Å². The van der Waals surface area contributed by atoms with E-state index in [1.807, 2.05) is 0 Å². The molecule has 1 heterocycles. The lowest BCUT2D eigenvalue weighted by Crippen LogP contribution is -2.53. The molecule has 0 aliphatic carbocycles. The predicted molar refractivity (Wildman–Crippen MR) is 63.9 cm³/mol. The van der Waals surface area contributed by atoms with Crippen LogP contribution in [0.3, 0.4) is 0 Å². The van der Waals surface area contributed by atoms with E-state index in [-0.39, 0.29) is 23.8 Å². The molecule has 94 valence electrons. The Bertz CT molecular complexity index is 386. The number of hydrogen-bond donors (Lipinski definition) is 3. The van der Waals surface area contributed by atoms with Crippen LogP contribution in [0, 0.1) is 0 Å². The first kappa shape index (κ1) is 13.9. The molecule has 1 aromatic rings. The molecule has 0 radical (unpaired) electrons. The van der Waals surface area contributed by atoms with Crippen LogP contribution in [0.4, 0.5) is 0 Å². The summed E-state index contributed by atoms with van der Waals surface area (Å²) >= 11 is 5.85. The fourth-order valence-corrected chi connectivity index (χ4v) is 1.48. The second kappa shape index (κ2) is 5.95. The number of carbonyl (C=O) groups excluding carboxylic acids is 1. The predicted octanol–water partition coefficient (Wildman–Crippen LogP) is 0.598. The zero-order valence-corrected chi connectivity index (χ0v) is 10.2. The molecule has 17 heavy (non-hydrogen) atoms. The van der Waals surface area contributed by atoms with Crippen molar-refractivity contribution in [3.05, 3.63) is 29.0 Å². The zero-order valence-electron chi connectivity index (χ0n) is 9.48. The maximum absolute atomic E-state index is 11.9. The summed E-state index contributed by atoms with van der Waals surface area (Å²) < 4.78 is 0. The molecule has 0 spiro atoms. The van der Waals surface area contributed by atoms with Crippen LogP contribution in [0.25, 0.3) is 0 Å². The van der Waals surface area contributed by atoms with E-state index in [4.69, 9.17) is 11.6 Å². The van der Waals surface area contributed by atoms with Gasteiger partial charge in [-0.15, -0.1) is 0 Å². The minimum Gasteiger partial charge on any atom is -0.394 e. The molecule has 0 fully saturated rings. The number of nitrogens with zero attached hydrogens (tertiary/aromatic N) is 1. The molecule has 0 saturated carbocycles. The van der Waals surface area contributed by atoms with Gasteiger partial charge in [0.05, 0.1) is 29.3 Å². The Balaban J connectivity index is 2.89. The van der Waals surface area contributed by atoms with Gasteiger partial charge in [-0.2, -0.15) is 0 Å². The van der Waals surface area contributed by atoms with E-state index in [0.717, 1.165) is 0 Å². The highest BCUT2D eigenvalue weighted by atomic mass is 35.5. The van der Waals surface area contributed by atoms with Gasteiger partial charge in [-0.3, -0.25) is 9.78 Å². The van der Waals surface area contributed by atoms with E-state index in [1.165, 1.54) is 18.5 Å². The Morgan fingerprint density at radius 1 is 1.53 bits per heavy atom. The van der Waals surface area contributed by atoms with Gasteiger partial charge in [0.25, 0.3) is 5.91 Å². The molecule has 0 saturated heterocycles. The van der Waals surface area contributed by atoms with Crippen LogP contribution in [0.5, 0.6) is 0 Å². The molecule has 0 unspecified atom stereocenters. The molecule has 0 bridgehead atoms. The van der Waals surface area contributed by atoms with E-state index in [0.29, 0.717) is 6.42 Å². The van der Waals surface area contributed by atoms with Crippen molar-refractivity contribution < 1.29 is 15.0 Å². The first-order valence-corrected chi connectivity index (χ1v) is 5.60. The third-order valence-corrected chi connectivity index (χ3v) is 3.00. The van der Waals surface area contributed by atoms with Crippen molar-refractivity contribution in [1.82, 2.24) is 10.3 Å². The summed E-state index contributed by atoms with van der Waals surface area (Å²) in [6.45, 7) is 1.07. The molecule has 1 aromatic heterocycles. The average molecular weight is 259 g/mol. The lowest BCUT2D eigenvalue weighted by Gasteiger charge is -2.29. The van der Waals surface area contributed by atoms with Crippen molar-refractivity contribution in [1.29, 1.82) is 0 Å². The quantitative estimate of drug-likeness (QED) is 0.722. The van der Waals surface area contributed by atoms with E-state index >= 15 is 0 Å². The number of halogens is 1. The monoisotopic (exact) mass is 258 g/mol. The Kier molecular flexibility index (Phi) is 4.86. The van der Waals surface area contributed by atoms with Crippen molar-refractivity contribution in [2.75, 3.05) is 13.2 Å². The van der Waals surface area contributed by atoms with Crippen LogP contribution in [0.15, 0.2) is 18.5 Å². The first-order valence-electron chi connectivity index (χ1n) is 5.22. The average Bonchev–Trinajstić information content (AvgIpc) is 2.36. The lowest BCUT2D eigenvalue weighted by atomic mass is 9.98. The van der Waals surface area contributed by atoms with Crippen LogP contribution in [0.2, 0.25) is 5.02 Å². The molecule has 0 aliphatic heterocycles. The molecular formula is C11H15ClN2O3. The third-order valence-electron chi connectivity index (χ3n) is 2.67. The van der Waals surface area contributed by atoms with Gasteiger partial charge >= 0.3 is 0 Å². The van der Waals surface area contributed by atoms with Crippen LogP contribution >= 0.6 is 11.6 Å². The summed E-state index contributed by atoms with van der Waals surface area (Å²) in [7, 11) is 0. The Morgan fingerprint density at radius 2 is 2.18 bits per heavy atom. The highest BCUT2D eigenvalue weighted by Gasteiger charge is 2.29. The number of aliphatic hydroxyl groups is 2. The van der Waals surface area contributed by atoms with Gasteiger partial charge in [0.1, 0.15) is 0 Å². The van der Waals surface area contributed by atoms with Crippen LogP contribution in [-0.2, 0) is 0 Å². The summed E-state index contributed by atoms with van der Waals surface area (Å²) in [5.41, 5.74) is -0.815. The molecule has 0 atom stereocenters. The zero-order chi connectivity index (χ0) is 12.9. The van der Waals surface area contributed by atoms with Gasteiger partial charge in [0.2, 0.25) is 0 Å². The summed E-state index contributed by atoms with van der Waals surface area (Å²) in [4.78, 5) is 15.7. The van der Waals surface area contributed by atoms with E-state index in [2.05, 4.69) is 10.3 Å². The molecular weight excluding hydrogens is 244 g/mol. The number of nitrogens with one attached hydrogen (secondary N) is 1. The topological polar surface area (TPSA) is 82.5 Å². The second-order valence-electron chi connectivity index (χ2n) is 3.76. The van der Waals surface area contributed by atoms with Gasteiger partial charge in [-0.1, -0.05) is 18.5 Å². The highest BCUT2D eigenvalue weighted by Crippen LogP contribution is 2.16. The van der Waals surface area contributed by atoms with Crippen LogP contribution in [-0.4, -0.2) is 39.9 Å². The Hall–Kier alpha value is -1.17. The number of hydrogen-bond acceptors (Lipinski definition) is 4. The second-order valence-corrected chi connectivity index (χ2v) is 4.17. The molecule has 0 aliphatic rings. The Labute approximate surface area is 104 Å². The fourth-order valence-electron chi connectivity index (χ4n) is 1.29. The maximum atomic E-state index is 11.9. The smallest absolute Gasteiger partial charge is 0.254 e. The van der Waals surface area contributed by atoms with E-state index in [1.54, 1.807) is 6.92 Å². The van der Waals surface area contributed by atoms with Gasteiger partial charge in [0.15, 0.2) is 0 Å². The molecule has 3 N–H and O–H groups in total. The molecule has 5 nitrogen and oxygen atoms in total. The summed E-state index contributed by atoms with van der Waals surface area (Å²) in [6.07, 6.45) is 3.22. The van der Waals surface area contributed by atoms with Gasteiger partial charge in [-0.05, 0) is 12.5 Å². The number of aromatic nitrogens is 1. The normalized spacial score (nSPS) is 11.3. The fraction of sp³-hybridized carbons (Fsp3) is 0.455. The SMILES string of the molecule is CCC(CO)(CO)NC(=O)c1cnccc1Cl. The highest BCUT2D eigenvalue weighted by molar-refractivity contribution is 6.33. The van der Waals surface area contributed by atoms with Crippen LogP contribution in [0.1, 0.15) is 23.7 Å². The minimum absolute atomic E-state index is 0.217. The number of rotatable bonds is 5. The summed E-state index contributed by atoms with van der Waals surface area (Å²) in [5.74, 6) is -0.465. The van der Waals surface area contributed by atoms with Crippen molar-refractivity contribution in [3.8, 4) is 0 Å². The van der Waals surface area contributed by atoms with E-state index < -0.39 is 11.4 Å². The van der Waals surface area contributed by atoms with Crippen molar-refractivity contribution in [2.45, 2.75) is 18.9 Å². The van der Waals surface area contributed by atoms with Crippen molar-refractivity contribution in [3.63, 3.8) is 0 Å². The standard InChI is InChI=1S/C11H15ClN2O3/c1-2-11(6-15,7-16)14-10(17)8-5-13-4-3-9(8)12/h3-5,15-16H,2,6-7H2,1H3,(H,14,17).